The Morgan fingerprint density at radius 1 is 1.62 bits per heavy atom. The Hall–Kier alpha value is -0.120. The zero-order valence-electron chi connectivity index (χ0n) is 8.62. The van der Waals surface area contributed by atoms with E-state index in [2.05, 4.69) is 12.2 Å². The van der Waals surface area contributed by atoms with Crippen molar-refractivity contribution in [2.45, 2.75) is 38.8 Å². The van der Waals surface area contributed by atoms with Gasteiger partial charge in [0.15, 0.2) is 0 Å². The molecule has 0 radical (unpaired) electrons. The van der Waals surface area contributed by atoms with Gasteiger partial charge in [-0.3, -0.25) is 0 Å². The Morgan fingerprint density at radius 3 is 2.92 bits per heavy atom. The minimum Gasteiger partial charge on any atom is -0.391 e. The van der Waals surface area contributed by atoms with Crippen molar-refractivity contribution in [3.63, 3.8) is 0 Å². The lowest BCUT2D eigenvalue weighted by atomic mass is 9.92. The second kappa shape index (κ2) is 5.58. The van der Waals surface area contributed by atoms with Crippen LogP contribution in [0.2, 0.25) is 0 Å². The van der Waals surface area contributed by atoms with E-state index in [9.17, 15) is 5.11 Å². The van der Waals surface area contributed by atoms with Gasteiger partial charge in [0.2, 0.25) is 0 Å². The highest BCUT2D eigenvalue weighted by molar-refractivity contribution is 4.79. The molecule has 1 aliphatic rings. The van der Waals surface area contributed by atoms with E-state index < -0.39 is 0 Å². The highest BCUT2D eigenvalue weighted by atomic mass is 16.5. The van der Waals surface area contributed by atoms with E-state index in [1.807, 2.05) is 6.92 Å². The molecule has 0 bridgehead atoms. The summed E-state index contributed by atoms with van der Waals surface area (Å²) in [6, 6.07) is 0.177. The summed E-state index contributed by atoms with van der Waals surface area (Å²) in [5, 5.41) is 13.2. The lowest BCUT2D eigenvalue weighted by Gasteiger charge is -2.30. The Labute approximate surface area is 80.5 Å². The zero-order chi connectivity index (χ0) is 9.68. The van der Waals surface area contributed by atoms with Gasteiger partial charge in [0.05, 0.1) is 12.7 Å². The minimum atomic E-state index is -0.264. The van der Waals surface area contributed by atoms with E-state index in [0.717, 1.165) is 32.6 Å². The average Bonchev–Trinajstić information content (AvgIpc) is 2.18. The molecule has 1 fully saturated rings. The molecule has 1 heterocycles. The molecule has 3 atom stereocenters. The van der Waals surface area contributed by atoms with Gasteiger partial charge in [-0.1, -0.05) is 6.92 Å². The van der Waals surface area contributed by atoms with Crippen LogP contribution in [0.3, 0.4) is 0 Å². The molecular weight excluding hydrogens is 166 g/mol. The van der Waals surface area contributed by atoms with E-state index in [1.165, 1.54) is 0 Å². The van der Waals surface area contributed by atoms with Gasteiger partial charge < -0.3 is 15.2 Å². The van der Waals surface area contributed by atoms with Crippen LogP contribution >= 0.6 is 0 Å². The molecule has 0 aliphatic carbocycles. The first-order valence-corrected chi connectivity index (χ1v) is 5.25. The van der Waals surface area contributed by atoms with Gasteiger partial charge in [0, 0.05) is 18.6 Å². The molecule has 0 aromatic rings. The van der Waals surface area contributed by atoms with Gasteiger partial charge >= 0.3 is 0 Å². The molecule has 1 rings (SSSR count). The third kappa shape index (κ3) is 3.25. The molecule has 0 spiro atoms. The monoisotopic (exact) mass is 187 g/mol. The van der Waals surface area contributed by atoms with Gasteiger partial charge in [0.1, 0.15) is 0 Å². The fourth-order valence-electron chi connectivity index (χ4n) is 1.89. The van der Waals surface area contributed by atoms with E-state index in [0.29, 0.717) is 5.92 Å². The highest BCUT2D eigenvalue weighted by Crippen LogP contribution is 2.19. The first-order valence-electron chi connectivity index (χ1n) is 5.25. The number of likely N-dealkylation sites (N-methyl/N-ethyl adjacent to an activating group) is 1. The number of nitrogens with one attached hydrogen (secondary N) is 1. The molecule has 0 amide bonds. The third-order valence-electron chi connectivity index (χ3n) is 2.72. The molecule has 13 heavy (non-hydrogen) atoms. The molecule has 3 unspecified atom stereocenters. The van der Waals surface area contributed by atoms with Crippen molar-refractivity contribution in [3.8, 4) is 0 Å². The number of hydrogen-bond acceptors (Lipinski definition) is 3. The van der Waals surface area contributed by atoms with Crippen molar-refractivity contribution >= 4 is 0 Å². The van der Waals surface area contributed by atoms with Crippen LogP contribution in [-0.2, 0) is 4.74 Å². The molecule has 0 saturated carbocycles. The largest absolute Gasteiger partial charge is 0.391 e. The summed E-state index contributed by atoms with van der Waals surface area (Å²) in [4.78, 5) is 0. The number of rotatable bonds is 4. The van der Waals surface area contributed by atoms with E-state index >= 15 is 0 Å². The Bertz CT molecular complexity index is 135. The quantitative estimate of drug-likeness (QED) is 0.683. The van der Waals surface area contributed by atoms with Gasteiger partial charge in [0.25, 0.3) is 0 Å². The first kappa shape index (κ1) is 11.0. The van der Waals surface area contributed by atoms with E-state index in [4.69, 9.17) is 4.74 Å². The van der Waals surface area contributed by atoms with Gasteiger partial charge in [-0.2, -0.15) is 0 Å². The summed E-state index contributed by atoms with van der Waals surface area (Å²) >= 11 is 0. The molecule has 3 heteroatoms. The van der Waals surface area contributed by atoms with E-state index in [-0.39, 0.29) is 12.1 Å². The lowest BCUT2D eigenvalue weighted by molar-refractivity contribution is -0.0208. The third-order valence-corrected chi connectivity index (χ3v) is 2.72. The second-order valence-corrected chi connectivity index (χ2v) is 3.81. The van der Waals surface area contributed by atoms with Crippen LogP contribution in [0.4, 0.5) is 0 Å². The summed E-state index contributed by atoms with van der Waals surface area (Å²) in [7, 11) is 0. The number of hydrogen-bond donors (Lipinski definition) is 2. The Kier molecular flexibility index (Phi) is 4.70. The highest BCUT2D eigenvalue weighted by Gasteiger charge is 2.26. The standard InChI is InChI=1S/C10H21NO2/c1-3-11-8(2)10(12)9-5-4-6-13-7-9/h8-12H,3-7H2,1-2H3. The zero-order valence-corrected chi connectivity index (χ0v) is 8.62. The van der Waals surface area contributed by atoms with Crippen molar-refractivity contribution in [2.24, 2.45) is 5.92 Å². The summed E-state index contributed by atoms with van der Waals surface area (Å²) < 4.78 is 5.34. The fraction of sp³-hybridized carbons (Fsp3) is 1.00. The molecule has 2 N–H and O–H groups in total. The molecular formula is C10H21NO2. The Morgan fingerprint density at radius 2 is 2.38 bits per heavy atom. The fourth-order valence-corrected chi connectivity index (χ4v) is 1.89. The van der Waals surface area contributed by atoms with Crippen molar-refractivity contribution in [1.82, 2.24) is 5.32 Å². The topological polar surface area (TPSA) is 41.5 Å². The normalized spacial score (nSPS) is 28.4. The average molecular weight is 187 g/mol. The smallest absolute Gasteiger partial charge is 0.0740 e. The predicted octanol–water partition coefficient (Wildman–Crippen LogP) is 0.772. The van der Waals surface area contributed by atoms with Crippen LogP contribution in [-0.4, -0.2) is 37.0 Å². The summed E-state index contributed by atoms with van der Waals surface area (Å²) in [6.07, 6.45) is 1.91. The van der Waals surface area contributed by atoms with Crippen LogP contribution in [0.1, 0.15) is 26.7 Å². The van der Waals surface area contributed by atoms with Crippen LogP contribution in [0.5, 0.6) is 0 Å². The molecule has 1 aliphatic heterocycles. The summed E-state index contributed by atoms with van der Waals surface area (Å²) in [5.74, 6) is 0.322. The Balaban J connectivity index is 2.31. The second-order valence-electron chi connectivity index (χ2n) is 3.81. The van der Waals surface area contributed by atoms with Gasteiger partial charge in [-0.15, -0.1) is 0 Å². The maximum absolute atomic E-state index is 9.93. The van der Waals surface area contributed by atoms with Gasteiger partial charge in [-0.25, -0.2) is 0 Å². The first-order chi connectivity index (χ1) is 6.25. The van der Waals surface area contributed by atoms with Crippen molar-refractivity contribution in [1.29, 1.82) is 0 Å². The SMILES string of the molecule is CCNC(C)C(O)C1CCCOC1. The predicted molar refractivity (Wildman–Crippen MR) is 52.7 cm³/mol. The van der Waals surface area contributed by atoms with Crippen molar-refractivity contribution in [2.75, 3.05) is 19.8 Å². The van der Waals surface area contributed by atoms with Crippen LogP contribution in [0.25, 0.3) is 0 Å². The maximum atomic E-state index is 9.93. The number of aliphatic hydroxyl groups is 1. The van der Waals surface area contributed by atoms with Crippen molar-refractivity contribution < 1.29 is 9.84 Å². The van der Waals surface area contributed by atoms with Crippen LogP contribution < -0.4 is 5.32 Å². The van der Waals surface area contributed by atoms with E-state index in [1.54, 1.807) is 0 Å². The molecule has 1 saturated heterocycles. The minimum absolute atomic E-state index is 0.177. The lowest BCUT2D eigenvalue weighted by Crippen LogP contribution is -2.44. The van der Waals surface area contributed by atoms with Crippen molar-refractivity contribution in [3.05, 3.63) is 0 Å². The number of ether oxygens (including phenoxy) is 1. The maximum Gasteiger partial charge on any atom is 0.0740 e. The summed E-state index contributed by atoms with van der Waals surface area (Å²) in [6.45, 7) is 6.57. The van der Waals surface area contributed by atoms with Crippen LogP contribution in [0, 0.1) is 5.92 Å². The number of aliphatic hydroxyl groups excluding tert-OH is 1. The molecule has 0 aromatic carbocycles. The molecule has 78 valence electrons. The molecule has 3 nitrogen and oxygen atoms in total. The van der Waals surface area contributed by atoms with Crippen LogP contribution in [0.15, 0.2) is 0 Å². The molecule has 0 aromatic heterocycles. The summed E-state index contributed by atoms with van der Waals surface area (Å²) in [5.41, 5.74) is 0. The van der Waals surface area contributed by atoms with Gasteiger partial charge in [-0.05, 0) is 26.3 Å².